The van der Waals surface area contributed by atoms with Crippen molar-refractivity contribution >= 4 is 22.3 Å². The molecule has 0 saturated heterocycles. The van der Waals surface area contributed by atoms with Crippen LogP contribution in [0.5, 0.6) is 0 Å². The van der Waals surface area contributed by atoms with Gasteiger partial charge in [-0.1, -0.05) is 19.9 Å². The first-order chi connectivity index (χ1) is 10.1. The van der Waals surface area contributed by atoms with Crippen LogP contribution in [0.15, 0.2) is 18.3 Å². The second-order valence-corrected chi connectivity index (χ2v) is 6.27. The van der Waals surface area contributed by atoms with Crippen LogP contribution in [0.4, 0.5) is 5.13 Å². The zero-order chi connectivity index (χ0) is 14.8. The van der Waals surface area contributed by atoms with Crippen LogP contribution in [-0.4, -0.2) is 24.0 Å². The second kappa shape index (κ2) is 5.77. The lowest BCUT2D eigenvalue weighted by molar-refractivity contribution is 0.627. The van der Waals surface area contributed by atoms with E-state index in [1.165, 1.54) is 17.1 Å². The highest BCUT2D eigenvalue weighted by Gasteiger charge is 2.08. The van der Waals surface area contributed by atoms with Crippen LogP contribution in [0.2, 0.25) is 0 Å². The quantitative estimate of drug-likeness (QED) is 0.785. The van der Waals surface area contributed by atoms with Gasteiger partial charge in [-0.05, 0) is 24.5 Å². The molecular formula is C14H18N6S. The molecule has 0 aliphatic heterocycles. The molecule has 7 heteroatoms. The minimum absolute atomic E-state index is 0.566. The van der Waals surface area contributed by atoms with Crippen molar-refractivity contribution in [2.24, 2.45) is 5.92 Å². The largest absolute Gasteiger partial charge is 0.353 e. The second-order valence-electron chi connectivity index (χ2n) is 5.52. The van der Waals surface area contributed by atoms with Gasteiger partial charge in [0.25, 0.3) is 0 Å². The van der Waals surface area contributed by atoms with E-state index in [4.69, 9.17) is 0 Å². The molecule has 0 spiro atoms. The highest BCUT2D eigenvalue weighted by Crippen LogP contribution is 2.15. The normalized spacial score (nSPS) is 11.4. The number of rotatable bonds is 5. The lowest BCUT2D eigenvalue weighted by atomic mass is 10.1. The average molecular weight is 302 g/mol. The Kier molecular flexibility index (Phi) is 3.83. The van der Waals surface area contributed by atoms with Crippen LogP contribution < -0.4 is 5.32 Å². The molecule has 3 aromatic heterocycles. The van der Waals surface area contributed by atoms with Crippen molar-refractivity contribution in [1.29, 1.82) is 0 Å². The Morgan fingerprint density at radius 1 is 1.29 bits per heavy atom. The van der Waals surface area contributed by atoms with Crippen molar-refractivity contribution in [2.45, 2.75) is 33.7 Å². The van der Waals surface area contributed by atoms with Gasteiger partial charge in [0.1, 0.15) is 5.82 Å². The first-order valence-electron chi connectivity index (χ1n) is 6.98. The van der Waals surface area contributed by atoms with Gasteiger partial charge in [-0.2, -0.15) is 4.37 Å². The number of aryl methyl sites for hydroxylation is 1. The smallest absolute Gasteiger partial charge is 0.202 e. The van der Waals surface area contributed by atoms with Crippen LogP contribution >= 0.6 is 11.5 Å². The summed E-state index contributed by atoms with van der Waals surface area (Å²) in [7, 11) is 0. The summed E-state index contributed by atoms with van der Waals surface area (Å²) in [6.45, 7) is 6.97. The monoisotopic (exact) mass is 302 g/mol. The Bertz CT molecular complexity index is 745. The summed E-state index contributed by atoms with van der Waals surface area (Å²) in [4.78, 5) is 4.49. The molecule has 0 aliphatic rings. The van der Waals surface area contributed by atoms with Gasteiger partial charge < -0.3 is 5.32 Å². The number of nitrogens with one attached hydrogen (secondary N) is 1. The minimum Gasteiger partial charge on any atom is -0.353 e. The molecule has 110 valence electrons. The minimum atomic E-state index is 0.566. The maximum Gasteiger partial charge on any atom is 0.202 e. The molecule has 3 heterocycles. The van der Waals surface area contributed by atoms with Crippen molar-refractivity contribution in [3.63, 3.8) is 0 Å². The first kappa shape index (κ1) is 13.9. The van der Waals surface area contributed by atoms with Gasteiger partial charge in [0.2, 0.25) is 5.13 Å². The Morgan fingerprint density at radius 3 is 2.95 bits per heavy atom. The molecule has 6 nitrogen and oxygen atoms in total. The van der Waals surface area contributed by atoms with E-state index in [9.17, 15) is 0 Å². The molecule has 1 N–H and O–H groups in total. The highest BCUT2D eigenvalue weighted by atomic mass is 32.1. The molecule has 3 aromatic rings. The molecule has 0 atom stereocenters. The molecule has 0 aliphatic carbocycles. The van der Waals surface area contributed by atoms with E-state index < -0.39 is 0 Å². The summed E-state index contributed by atoms with van der Waals surface area (Å²) >= 11 is 1.39. The van der Waals surface area contributed by atoms with Crippen molar-refractivity contribution < 1.29 is 0 Å². The average Bonchev–Trinajstić information content (AvgIpc) is 3.02. The SMILES string of the molecule is Cc1ccc2nnc(CNc3nc(CC(C)C)ns3)n2c1. The molecular weight excluding hydrogens is 284 g/mol. The van der Waals surface area contributed by atoms with E-state index in [0.29, 0.717) is 12.5 Å². The number of fused-ring (bicyclic) bond motifs is 1. The number of nitrogens with zero attached hydrogens (tertiary/aromatic N) is 5. The first-order valence-corrected chi connectivity index (χ1v) is 7.76. The number of hydrogen-bond donors (Lipinski definition) is 1. The molecule has 0 amide bonds. The van der Waals surface area contributed by atoms with E-state index in [-0.39, 0.29) is 0 Å². The van der Waals surface area contributed by atoms with Crippen molar-refractivity contribution in [3.8, 4) is 0 Å². The van der Waals surface area contributed by atoms with Crippen LogP contribution in [-0.2, 0) is 13.0 Å². The number of pyridine rings is 1. The molecule has 0 unspecified atom stereocenters. The Hall–Kier alpha value is -2.02. The third-order valence-corrected chi connectivity index (χ3v) is 3.79. The number of hydrogen-bond acceptors (Lipinski definition) is 6. The van der Waals surface area contributed by atoms with Gasteiger partial charge in [0.15, 0.2) is 11.5 Å². The maximum atomic E-state index is 4.49. The topological polar surface area (TPSA) is 68.0 Å². The van der Waals surface area contributed by atoms with E-state index in [2.05, 4.69) is 45.6 Å². The van der Waals surface area contributed by atoms with Gasteiger partial charge >= 0.3 is 0 Å². The van der Waals surface area contributed by atoms with Gasteiger partial charge in [-0.15, -0.1) is 10.2 Å². The summed E-state index contributed by atoms with van der Waals surface area (Å²) in [5, 5.41) is 12.5. The zero-order valence-electron chi connectivity index (χ0n) is 12.4. The lowest BCUT2D eigenvalue weighted by Gasteiger charge is -2.02. The summed E-state index contributed by atoms with van der Waals surface area (Å²) in [5.41, 5.74) is 2.04. The standard InChI is InChI=1S/C14H18N6S/c1-9(2)6-11-16-14(21-19-11)15-7-13-18-17-12-5-4-10(3)8-20(12)13/h4-5,8-9H,6-7H2,1-3H3,(H,15,16,19). The summed E-state index contributed by atoms with van der Waals surface area (Å²) in [6.07, 6.45) is 2.95. The molecule has 3 rings (SSSR count). The molecule has 21 heavy (non-hydrogen) atoms. The Labute approximate surface area is 127 Å². The maximum absolute atomic E-state index is 4.49. The van der Waals surface area contributed by atoms with E-state index in [0.717, 1.165) is 28.8 Å². The van der Waals surface area contributed by atoms with Crippen LogP contribution in [0.25, 0.3) is 5.65 Å². The summed E-state index contributed by atoms with van der Waals surface area (Å²) < 4.78 is 6.36. The number of aromatic nitrogens is 5. The third-order valence-electron chi connectivity index (χ3n) is 3.08. The fraction of sp³-hybridized carbons (Fsp3) is 0.429. The van der Waals surface area contributed by atoms with Crippen LogP contribution in [0.1, 0.15) is 31.1 Å². The molecule has 0 fully saturated rings. The predicted octanol–water partition coefficient (Wildman–Crippen LogP) is 2.70. The van der Waals surface area contributed by atoms with Crippen molar-refractivity contribution in [3.05, 3.63) is 35.5 Å². The molecule has 0 radical (unpaired) electrons. The van der Waals surface area contributed by atoms with E-state index in [1.807, 2.05) is 22.7 Å². The zero-order valence-corrected chi connectivity index (χ0v) is 13.2. The third kappa shape index (κ3) is 3.18. The lowest BCUT2D eigenvalue weighted by Crippen LogP contribution is -2.04. The van der Waals surface area contributed by atoms with Crippen LogP contribution in [0, 0.1) is 12.8 Å². The van der Waals surface area contributed by atoms with Gasteiger partial charge in [0, 0.05) is 24.2 Å². The summed E-state index contributed by atoms with van der Waals surface area (Å²) in [5.74, 6) is 2.34. The Morgan fingerprint density at radius 2 is 2.14 bits per heavy atom. The summed E-state index contributed by atoms with van der Waals surface area (Å²) in [6, 6.07) is 4.00. The fourth-order valence-corrected chi connectivity index (χ4v) is 2.68. The van der Waals surface area contributed by atoms with Gasteiger partial charge in [-0.25, -0.2) is 4.98 Å². The molecule has 0 aromatic carbocycles. The predicted molar refractivity (Wildman–Crippen MR) is 83.5 cm³/mol. The van der Waals surface area contributed by atoms with Crippen LogP contribution in [0.3, 0.4) is 0 Å². The van der Waals surface area contributed by atoms with Crippen molar-refractivity contribution in [1.82, 2.24) is 24.0 Å². The fourth-order valence-electron chi connectivity index (χ4n) is 2.09. The molecule has 0 saturated carbocycles. The number of anilines is 1. The Balaban J connectivity index is 1.71. The molecule has 0 bridgehead atoms. The van der Waals surface area contributed by atoms with Gasteiger partial charge in [-0.3, -0.25) is 4.40 Å². The highest BCUT2D eigenvalue weighted by molar-refractivity contribution is 7.09. The van der Waals surface area contributed by atoms with Gasteiger partial charge in [0.05, 0.1) is 6.54 Å². The van der Waals surface area contributed by atoms with Crippen molar-refractivity contribution in [2.75, 3.05) is 5.32 Å². The van der Waals surface area contributed by atoms with E-state index in [1.54, 1.807) is 0 Å². The van der Waals surface area contributed by atoms with E-state index >= 15 is 0 Å².